The summed E-state index contributed by atoms with van der Waals surface area (Å²) in [6, 6.07) is 6.41. The van der Waals surface area contributed by atoms with Crippen molar-refractivity contribution in [3.63, 3.8) is 0 Å². The molecule has 1 aromatic carbocycles. The Hall–Kier alpha value is -1.22. The van der Waals surface area contributed by atoms with Gasteiger partial charge in [0.2, 0.25) is 0 Å². The van der Waals surface area contributed by atoms with Gasteiger partial charge in [-0.15, -0.1) is 12.4 Å². The van der Waals surface area contributed by atoms with E-state index in [-0.39, 0.29) is 18.3 Å². The third-order valence-corrected chi connectivity index (χ3v) is 4.53. The number of anilines is 1. The molecule has 1 aliphatic heterocycles. The summed E-state index contributed by atoms with van der Waals surface area (Å²) in [7, 11) is 0. The Morgan fingerprint density at radius 2 is 1.86 bits per heavy atom. The van der Waals surface area contributed by atoms with E-state index in [0.717, 1.165) is 43.5 Å². The number of hydrogen-bond donors (Lipinski definition) is 2. The Morgan fingerprint density at radius 1 is 1.10 bits per heavy atom. The van der Waals surface area contributed by atoms with Crippen LogP contribution in [-0.2, 0) is 6.42 Å². The molecule has 0 spiro atoms. The molecule has 1 amide bonds. The average Bonchev–Trinajstić information content (AvgIpc) is 2.75. The molecular weight excluding hydrogens is 284 g/mol. The van der Waals surface area contributed by atoms with Crippen molar-refractivity contribution in [2.24, 2.45) is 0 Å². The van der Waals surface area contributed by atoms with E-state index in [1.165, 1.54) is 31.2 Å². The quantitative estimate of drug-likeness (QED) is 0.813. The van der Waals surface area contributed by atoms with Crippen LogP contribution in [0.2, 0.25) is 0 Å². The Kier molecular flexibility index (Phi) is 5.92. The van der Waals surface area contributed by atoms with Gasteiger partial charge in [0, 0.05) is 23.8 Å². The van der Waals surface area contributed by atoms with Crippen molar-refractivity contribution >= 4 is 24.0 Å². The van der Waals surface area contributed by atoms with Gasteiger partial charge in [0.15, 0.2) is 0 Å². The zero-order chi connectivity index (χ0) is 13.8. The Balaban J connectivity index is 0.00000161. The molecule has 0 saturated heterocycles. The fourth-order valence-corrected chi connectivity index (χ4v) is 3.41. The number of halogens is 1. The zero-order valence-electron chi connectivity index (χ0n) is 12.5. The lowest BCUT2D eigenvalue weighted by Gasteiger charge is -2.22. The van der Waals surface area contributed by atoms with E-state index in [1.54, 1.807) is 0 Å². The van der Waals surface area contributed by atoms with Crippen molar-refractivity contribution in [1.82, 2.24) is 5.32 Å². The predicted octanol–water partition coefficient (Wildman–Crippen LogP) is 3.92. The first-order chi connectivity index (χ1) is 9.84. The fourth-order valence-electron chi connectivity index (χ4n) is 3.41. The molecule has 116 valence electrons. The first-order valence-corrected chi connectivity index (χ1v) is 8.01. The van der Waals surface area contributed by atoms with E-state index >= 15 is 0 Å². The number of benzene rings is 1. The van der Waals surface area contributed by atoms with Crippen molar-refractivity contribution in [1.29, 1.82) is 0 Å². The van der Waals surface area contributed by atoms with Crippen LogP contribution < -0.4 is 10.6 Å². The summed E-state index contributed by atoms with van der Waals surface area (Å²) in [5.41, 5.74) is 3.22. The van der Waals surface area contributed by atoms with Crippen LogP contribution in [-0.4, -0.2) is 18.5 Å². The number of amides is 1. The van der Waals surface area contributed by atoms with Crippen LogP contribution >= 0.6 is 12.4 Å². The summed E-state index contributed by atoms with van der Waals surface area (Å²) in [5.74, 6) is 0.123. The van der Waals surface area contributed by atoms with Gasteiger partial charge >= 0.3 is 0 Å². The van der Waals surface area contributed by atoms with Crippen molar-refractivity contribution in [3.8, 4) is 0 Å². The second-order valence-corrected chi connectivity index (χ2v) is 6.02. The van der Waals surface area contributed by atoms with Gasteiger partial charge in [-0.05, 0) is 43.4 Å². The number of nitrogens with one attached hydrogen (secondary N) is 2. The minimum absolute atomic E-state index is 0. The Morgan fingerprint density at radius 3 is 2.62 bits per heavy atom. The molecule has 1 aliphatic carbocycles. The van der Waals surface area contributed by atoms with E-state index in [9.17, 15) is 4.79 Å². The maximum atomic E-state index is 12.6. The molecule has 2 N–H and O–H groups in total. The molecule has 0 unspecified atom stereocenters. The molecule has 1 fully saturated rings. The van der Waals surface area contributed by atoms with Crippen LogP contribution in [0.3, 0.4) is 0 Å². The normalized spacial score (nSPS) is 18.7. The highest BCUT2D eigenvalue weighted by Gasteiger charge is 2.20. The monoisotopic (exact) mass is 308 g/mol. The SMILES string of the molecule is Cl.O=C(NC1CCCCCC1)c1cccc2c1CCCN2. The van der Waals surface area contributed by atoms with Crippen molar-refractivity contribution < 1.29 is 4.79 Å². The lowest BCUT2D eigenvalue weighted by atomic mass is 9.96. The summed E-state index contributed by atoms with van der Waals surface area (Å²) < 4.78 is 0. The fraction of sp³-hybridized carbons (Fsp3) is 0.588. The second-order valence-electron chi connectivity index (χ2n) is 6.02. The van der Waals surface area contributed by atoms with E-state index in [4.69, 9.17) is 0 Å². The van der Waals surface area contributed by atoms with Gasteiger partial charge in [0.1, 0.15) is 0 Å². The number of fused-ring (bicyclic) bond motifs is 1. The van der Waals surface area contributed by atoms with E-state index in [1.807, 2.05) is 12.1 Å². The molecule has 0 radical (unpaired) electrons. The van der Waals surface area contributed by atoms with Crippen molar-refractivity contribution in [2.75, 3.05) is 11.9 Å². The minimum Gasteiger partial charge on any atom is -0.385 e. The molecule has 4 heteroatoms. The largest absolute Gasteiger partial charge is 0.385 e. The van der Waals surface area contributed by atoms with E-state index in [0.29, 0.717) is 6.04 Å². The molecule has 1 heterocycles. The van der Waals surface area contributed by atoms with Crippen LogP contribution in [0.1, 0.15) is 60.9 Å². The van der Waals surface area contributed by atoms with Gasteiger partial charge in [0.25, 0.3) is 5.91 Å². The number of hydrogen-bond acceptors (Lipinski definition) is 2. The van der Waals surface area contributed by atoms with Gasteiger partial charge in [-0.3, -0.25) is 4.79 Å². The van der Waals surface area contributed by atoms with Crippen LogP contribution in [0.4, 0.5) is 5.69 Å². The van der Waals surface area contributed by atoms with Gasteiger partial charge in [-0.2, -0.15) is 0 Å². The Bertz CT molecular complexity index is 482. The minimum atomic E-state index is 0. The topological polar surface area (TPSA) is 41.1 Å². The number of rotatable bonds is 2. The highest BCUT2D eigenvalue weighted by Crippen LogP contribution is 2.26. The van der Waals surface area contributed by atoms with E-state index < -0.39 is 0 Å². The van der Waals surface area contributed by atoms with Crippen molar-refractivity contribution in [2.45, 2.75) is 57.4 Å². The first-order valence-electron chi connectivity index (χ1n) is 8.01. The third kappa shape index (κ3) is 3.91. The van der Waals surface area contributed by atoms with Gasteiger partial charge in [-0.1, -0.05) is 31.7 Å². The first kappa shape index (κ1) is 16.2. The second kappa shape index (κ2) is 7.69. The van der Waals surface area contributed by atoms with Crippen LogP contribution in [0.15, 0.2) is 18.2 Å². The summed E-state index contributed by atoms with van der Waals surface area (Å²) >= 11 is 0. The standard InChI is InChI=1S/C17H24N2O.ClH/c20-17(19-13-7-3-1-2-4-8-13)15-9-5-11-16-14(15)10-6-12-18-16;/h5,9,11,13,18H,1-4,6-8,10,12H2,(H,19,20);1H. The molecule has 3 nitrogen and oxygen atoms in total. The van der Waals surface area contributed by atoms with Gasteiger partial charge < -0.3 is 10.6 Å². The highest BCUT2D eigenvalue weighted by molar-refractivity contribution is 5.97. The van der Waals surface area contributed by atoms with Gasteiger partial charge in [-0.25, -0.2) is 0 Å². The zero-order valence-corrected chi connectivity index (χ0v) is 13.3. The molecule has 0 bridgehead atoms. The van der Waals surface area contributed by atoms with Crippen LogP contribution in [0, 0.1) is 0 Å². The molecule has 0 atom stereocenters. The molecule has 1 saturated carbocycles. The molecule has 1 aromatic rings. The summed E-state index contributed by atoms with van der Waals surface area (Å²) in [5, 5.41) is 6.65. The molecule has 21 heavy (non-hydrogen) atoms. The molecule has 3 rings (SSSR count). The van der Waals surface area contributed by atoms with Crippen LogP contribution in [0.25, 0.3) is 0 Å². The molecule has 0 aromatic heterocycles. The maximum absolute atomic E-state index is 12.6. The Labute approximate surface area is 133 Å². The highest BCUT2D eigenvalue weighted by atomic mass is 35.5. The van der Waals surface area contributed by atoms with Gasteiger partial charge in [0.05, 0.1) is 0 Å². The number of carbonyl (C=O) groups is 1. The van der Waals surface area contributed by atoms with Crippen molar-refractivity contribution in [3.05, 3.63) is 29.3 Å². The summed E-state index contributed by atoms with van der Waals surface area (Å²) in [6.07, 6.45) is 9.53. The third-order valence-electron chi connectivity index (χ3n) is 4.53. The molecule has 2 aliphatic rings. The number of carbonyl (C=O) groups excluding carboxylic acids is 1. The lowest BCUT2D eigenvalue weighted by Crippen LogP contribution is -2.35. The average molecular weight is 309 g/mol. The molecular formula is C17H25ClN2O. The maximum Gasteiger partial charge on any atom is 0.251 e. The van der Waals surface area contributed by atoms with E-state index in [2.05, 4.69) is 16.7 Å². The predicted molar refractivity (Wildman–Crippen MR) is 89.5 cm³/mol. The summed E-state index contributed by atoms with van der Waals surface area (Å²) in [4.78, 5) is 12.6. The van der Waals surface area contributed by atoms with Crippen LogP contribution in [0.5, 0.6) is 0 Å². The smallest absolute Gasteiger partial charge is 0.251 e. The summed E-state index contributed by atoms with van der Waals surface area (Å²) in [6.45, 7) is 1.01. The lowest BCUT2D eigenvalue weighted by molar-refractivity contribution is 0.0932.